The fourth-order valence-electron chi connectivity index (χ4n) is 5.31. The number of aromatic nitrogens is 3. The van der Waals surface area contributed by atoms with Crippen molar-refractivity contribution in [3.63, 3.8) is 0 Å². The lowest BCUT2D eigenvalue weighted by atomic mass is 9.94. The van der Waals surface area contributed by atoms with Gasteiger partial charge in [-0.15, -0.1) is 16.5 Å². The van der Waals surface area contributed by atoms with E-state index in [1.807, 2.05) is 24.3 Å². The fraction of sp³-hybridized carbons (Fsp3) is 0.242. The van der Waals surface area contributed by atoms with Crippen LogP contribution >= 0.6 is 11.3 Å². The maximum atomic E-state index is 15.3. The van der Waals surface area contributed by atoms with E-state index in [4.69, 9.17) is 10.2 Å². The molecule has 2 heterocycles. The lowest BCUT2D eigenvalue weighted by Crippen LogP contribution is -2.07. The van der Waals surface area contributed by atoms with E-state index in [0.29, 0.717) is 45.8 Å². The fourth-order valence-corrected chi connectivity index (χ4v) is 6.58. The van der Waals surface area contributed by atoms with E-state index in [0.717, 1.165) is 35.2 Å². The number of benzene rings is 3. The Bertz CT molecular complexity index is 1900. The van der Waals surface area contributed by atoms with Crippen molar-refractivity contribution in [2.24, 2.45) is 11.1 Å². The minimum atomic E-state index is -2.34. The Morgan fingerprint density at radius 1 is 1.07 bits per heavy atom. The summed E-state index contributed by atoms with van der Waals surface area (Å²) in [4.78, 5) is 15.9. The molecule has 12 heteroatoms. The van der Waals surface area contributed by atoms with Gasteiger partial charge in [-0.05, 0) is 78.1 Å². The SMILES string of the molecule is CC(C)c1ccc(-c2cc(-c3nn(-c4nc(C(=O)O)cs4)c(CC4CC4)c3Cc3ccc([SH+](N)=O)c(F)c3)ccc2F)cc1.[OH-]. The predicted molar refractivity (Wildman–Crippen MR) is 171 cm³/mol. The summed E-state index contributed by atoms with van der Waals surface area (Å²) in [5.41, 5.74) is 5.73. The average molecular weight is 651 g/mol. The molecule has 4 N–H and O–H groups in total. The topological polar surface area (TPSA) is 141 Å². The van der Waals surface area contributed by atoms with Gasteiger partial charge in [0.25, 0.3) is 0 Å². The van der Waals surface area contributed by atoms with Crippen LogP contribution in [0, 0.1) is 17.6 Å². The molecule has 0 saturated heterocycles. The van der Waals surface area contributed by atoms with Crippen molar-refractivity contribution in [1.82, 2.24) is 14.8 Å². The highest BCUT2D eigenvalue weighted by atomic mass is 32.2. The zero-order valence-electron chi connectivity index (χ0n) is 24.6. The number of aromatic carboxylic acids is 1. The summed E-state index contributed by atoms with van der Waals surface area (Å²) in [7, 11) is -2.34. The number of halogens is 2. The number of carboxylic acid groups (broad SMARTS) is 1. The van der Waals surface area contributed by atoms with Crippen molar-refractivity contribution in [3.05, 3.63) is 106 Å². The Balaban J connectivity index is 0.00000400. The quantitative estimate of drug-likeness (QED) is 0.123. The van der Waals surface area contributed by atoms with Gasteiger partial charge in [-0.3, -0.25) is 0 Å². The Hall–Kier alpha value is -4.10. The van der Waals surface area contributed by atoms with E-state index < -0.39 is 22.8 Å². The second kappa shape index (κ2) is 13.1. The average Bonchev–Trinajstić information content (AvgIpc) is 3.55. The third-order valence-corrected chi connectivity index (χ3v) is 9.57. The summed E-state index contributed by atoms with van der Waals surface area (Å²) in [5.74, 6) is -1.38. The van der Waals surface area contributed by atoms with E-state index in [1.54, 1.807) is 22.9 Å². The van der Waals surface area contributed by atoms with E-state index >= 15 is 4.39 Å². The van der Waals surface area contributed by atoms with Gasteiger partial charge in [-0.25, -0.2) is 23.2 Å². The summed E-state index contributed by atoms with van der Waals surface area (Å²) in [6.07, 6.45) is 3.06. The number of thiazole rings is 1. The predicted octanol–water partition coefficient (Wildman–Crippen LogP) is 7.06. The Morgan fingerprint density at radius 3 is 2.38 bits per heavy atom. The number of nitrogens with zero attached hydrogens (tertiary/aromatic N) is 3. The van der Waals surface area contributed by atoms with Crippen molar-refractivity contribution in [1.29, 1.82) is 0 Å². The first-order valence-corrected chi connectivity index (χ1v) is 16.5. The number of carboxylic acids is 1. The van der Waals surface area contributed by atoms with Crippen LogP contribution in [0.1, 0.15) is 65.5 Å². The van der Waals surface area contributed by atoms with E-state index in [-0.39, 0.29) is 28.3 Å². The summed E-state index contributed by atoms with van der Waals surface area (Å²) >= 11 is 1.17. The second-order valence-electron chi connectivity index (χ2n) is 11.4. The zero-order valence-corrected chi connectivity index (χ0v) is 26.3. The molecule has 0 radical (unpaired) electrons. The molecular formula is C33H32F2N4O4S2. The van der Waals surface area contributed by atoms with Gasteiger partial charge >= 0.3 is 5.97 Å². The van der Waals surface area contributed by atoms with Crippen molar-refractivity contribution in [2.75, 3.05) is 0 Å². The van der Waals surface area contributed by atoms with Gasteiger partial charge in [0.1, 0.15) is 5.82 Å². The van der Waals surface area contributed by atoms with Crippen LogP contribution in [0.5, 0.6) is 0 Å². The van der Waals surface area contributed by atoms with E-state index in [9.17, 15) is 18.5 Å². The van der Waals surface area contributed by atoms with E-state index in [2.05, 4.69) is 18.8 Å². The molecule has 0 spiro atoms. The maximum absolute atomic E-state index is 15.3. The molecule has 1 atom stereocenters. The molecule has 1 fully saturated rings. The summed E-state index contributed by atoms with van der Waals surface area (Å²) in [5, 5.41) is 21.8. The number of hydrogen-bond donors (Lipinski definition) is 2. The number of rotatable bonds is 10. The molecule has 0 aliphatic heterocycles. The van der Waals surface area contributed by atoms with Gasteiger partial charge in [0.05, 0.1) is 11.4 Å². The van der Waals surface area contributed by atoms with Gasteiger partial charge in [0.15, 0.2) is 22.5 Å². The monoisotopic (exact) mass is 650 g/mol. The smallest absolute Gasteiger partial charge is 0.355 e. The molecule has 6 rings (SSSR count). The number of carbonyl (C=O) groups is 1. The summed E-state index contributed by atoms with van der Waals surface area (Å²) < 4.78 is 43.6. The highest BCUT2D eigenvalue weighted by Gasteiger charge is 2.30. The molecule has 1 saturated carbocycles. The minimum Gasteiger partial charge on any atom is -0.870 e. The summed E-state index contributed by atoms with van der Waals surface area (Å²) in [6.45, 7) is 4.20. The first-order chi connectivity index (χ1) is 21.1. The Kier molecular flexibility index (Phi) is 9.40. The van der Waals surface area contributed by atoms with Gasteiger partial charge in [-0.2, -0.15) is 5.10 Å². The molecule has 1 aliphatic carbocycles. The van der Waals surface area contributed by atoms with Crippen LogP contribution in [0.4, 0.5) is 8.78 Å². The van der Waals surface area contributed by atoms with Crippen LogP contribution in [0.25, 0.3) is 27.5 Å². The lowest BCUT2D eigenvalue weighted by Gasteiger charge is -2.11. The molecule has 3 aromatic carbocycles. The molecule has 234 valence electrons. The molecule has 1 aliphatic rings. The third-order valence-electron chi connectivity index (χ3n) is 7.92. The lowest BCUT2D eigenvalue weighted by molar-refractivity contribution is 0.0691. The number of thiol groups is 1. The highest BCUT2D eigenvalue weighted by Crippen LogP contribution is 2.39. The first kappa shape index (κ1) is 32.3. The second-order valence-corrected chi connectivity index (χ2v) is 13.4. The standard InChI is InChI=1S/C33H30F2N4O3S2.H2O/c1-18(2)21-6-8-22(9-7-21)24-16-23(10-11-26(24)34)31-25(13-20-5-12-30(44(36)42)27(35)14-20)29(15-19-3-4-19)39(38-31)33-37-28(17-43-33)32(40)41;/h5-12,14,16-19H,3-4,13,15H2,1-2H3,(H2,36,42)(H,40,41);1H2. The largest absolute Gasteiger partial charge is 0.870 e. The van der Waals surface area contributed by atoms with Gasteiger partial charge in [-0.1, -0.05) is 48.4 Å². The maximum Gasteiger partial charge on any atom is 0.355 e. The molecule has 0 bridgehead atoms. The van der Waals surface area contributed by atoms with Gasteiger partial charge < -0.3 is 10.6 Å². The Morgan fingerprint density at radius 2 is 1.78 bits per heavy atom. The van der Waals surface area contributed by atoms with Crippen LogP contribution < -0.4 is 5.14 Å². The van der Waals surface area contributed by atoms with Crippen LogP contribution in [0.2, 0.25) is 0 Å². The molecule has 1 unspecified atom stereocenters. The highest BCUT2D eigenvalue weighted by molar-refractivity contribution is 7.82. The van der Waals surface area contributed by atoms with Gasteiger partial charge in [0, 0.05) is 28.5 Å². The van der Waals surface area contributed by atoms with E-state index in [1.165, 1.54) is 34.9 Å². The molecule has 45 heavy (non-hydrogen) atoms. The van der Waals surface area contributed by atoms with Crippen molar-refractivity contribution >= 4 is 28.3 Å². The van der Waals surface area contributed by atoms with Crippen molar-refractivity contribution in [2.45, 2.75) is 50.3 Å². The molecule has 8 nitrogen and oxygen atoms in total. The normalized spacial score (nSPS) is 13.6. The molecule has 0 amide bonds. The third kappa shape index (κ3) is 6.79. The van der Waals surface area contributed by atoms with Crippen molar-refractivity contribution in [3.8, 4) is 27.5 Å². The Labute approximate surface area is 265 Å². The van der Waals surface area contributed by atoms with Crippen LogP contribution in [-0.2, 0) is 28.0 Å². The summed E-state index contributed by atoms with van der Waals surface area (Å²) in [6, 6.07) is 17.1. The molecule has 2 aromatic heterocycles. The van der Waals surface area contributed by atoms with Crippen LogP contribution in [0.15, 0.2) is 70.9 Å². The number of hydrogen-bond acceptors (Lipinski definition) is 6. The van der Waals surface area contributed by atoms with Crippen LogP contribution in [0.3, 0.4) is 0 Å². The zero-order chi connectivity index (χ0) is 31.1. The molecule has 5 aromatic rings. The minimum absolute atomic E-state index is 0. The van der Waals surface area contributed by atoms with Crippen molar-refractivity contribution < 1.29 is 28.4 Å². The first-order valence-electron chi connectivity index (χ1n) is 14.3. The van der Waals surface area contributed by atoms with Gasteiger partial charge in [0.2, 0.25) is 10.0 Å². The molecular weight excluding hydrogens is 619 g/mol. The number of nitrogens with two attached hydrogens (primary N) is 1. The van der Waals surface area contributed by atoms with Crippen LogP contribution in [-0.4, -0.2) is 31.3 Å².